The van der Waals surface area contributed by atoms with Crippen LogP contribution in [0, 0.1) is 34.0 Å². The van der Waals surface area contributed by atoms with Crippen molar-refractivity contribution in [1.29, 1.82) is 0 Å². The minimum atomic E-state index is -1.62. The molecule has 0 spiro atoms. The number of ketones is 1. The average Bonchev–Trinajstić information content (AvgIpc) is 3.46. The maximum absolute atomic E-state index is 14.5. The molecule has 8 atom stereocenters. The number of Topliss-reactive ketones (excluding diaryl/α,β-unsaturated/α-hetero) is 1. The molecule has 9 heteroatoms. The monoisotopic (exact) mass is 568 g/mol. The van der Waals surface area contributed by atoms with Gasteiger partial charge in [0, 0.05) is 33.3 Å². The number of hydrogen-bond acceptors (Lipinski definition) is 9. The largest absolute Gasteiger partial charge is 0.472 e. The SMILES string of the molecule is CC=C(C)C(=O)O[C@@H]1[C@@H]2CC3=C4CC(=O)O[C@@H](c5ccoc5)[C@]4(C)CC[C@H]3[C@@](C)(C2=O)[C@H]([C@@H](O)C(=O)OC)C1(C)C. The molecule has 2 saturated carbocycles. The van der Waals surface area contributed by atoms with Gasteiger partial charge in [-0.2, -0.15) is 0 Å². The van der Waals surface area contributed by atoms with Crippen LogP contribution in [-0.4, -0.2) is 48.1 Å². The van der Waals surface area contributed by atoms with Gasteiger partial charge in [-0.05, 0) is 50.7 Å². The zero-order valence-corrected chi connectivity index (χ0v) is 24.8. The van der Waals surface area contributed by atoms with E-state index < -0.39 is 58.3 Å². The van der Waals surface area contributed by atoms with Gasteiger partial charge in [-0.3, -0.25) is 9.59 Å². The number of carbonyl (C=O) groups is 4. The molecule has 3 aliphatic carbocycles. The van der Waals surface area contributed by atoms with Crippen molar-refractivity contribution in [3.8, 4) is 0 Å². The van der Waals surface area contributed by atoms with Crippen LogP contribution in [0.4, 0.5) is 0 Å². The third-order valence-corrected chi connectivity index (χ3v) is 10.8. The number of furan rings is 1. The Labute approximate surface area is 240 Å². The first-order chi connectivity index (χ1) is 19.2. The lowest BCUT2D eigenvalue weighted by molar-refractivity contribution is -0.211. The highest BCUT2D eigenvalue weighted by Crippen LogP contribution is 2.68. The maximum atomic E-state index is 14.5. The molecular formula is C32H40O9. The van der Waals surface area contributed by atoms with Crippen molar-refractivity contribution in [2.45, 2.75) is 85.5 Å². The maximum Gasteiger partial charge on any atom is 0.335 e. The van der Waals surface area contributed by atoms with E-state index in [1.165, 1.54) is 7.11 Å². The first kappa shape index (κ1) is 29.3. The number of esters is 3. The van der Waals surface area contributed by atoms with Crippen LogP contribution in [0.15, 0.2) is 45.8 Å². The highest BCUT2D eigenvalue weighted by molar-refractivity contribution is 5.94. The highest BCUT2D eigenvalue weighted by atomic mass is 16.6. The molecule has 1 aliphatic heterocycles. The summed E-state index contributed by atoms with van der Waals surface area (Å²) in [7, 11) is 1.20. The molecule has 0 aromatic carbocycles. The Morgan fingerprint density at radius 3 is 2.51 bits per heavy atom. The fourth-order valence-electron chi connectivity index (χ4n) is 8.72. The Morgan fingerprint density at radius 2 is 1.90 bits per heavy atom. The quantitative estimate of drug-likeness (QED) is 0.234. The lowest BCUT2D eigenvalue weighted by Crippen LogP contribution is -2.69. The molecule has 222 valence electrons. The van der Waals surface area contributed by atoms with E-state index in [0.29, 0.717) is 24.8 Å². The van der Waals surface area contributed by atoms with E-state index in [9.17, 15) is 24.3 Å². The molecule has 9 nitrogen and oxygen atoms in total. The van der Waals surface area contributed by atoms with Crippen LogP contribution in [0.1, 0.15) is 78.9 Å². The summed E-state index contributed by atoms with van der Waals surface area (Å²) in [6.45, 7) is 11.0. The van der Waals surface area contributed by atoms with Gasteiger partial charge in [-0.1, -0.05) is 39.3 Å². The third kappa shape index (κ3) is 4.14. The lowest BCUT2D eigenvalue weighted by Gasteiger charge is -2.64. The van der Waals surface area contributed by atoms with Crippen molar-refractivity contribution < 1.29 is 42.9 Å². The standard InChI is InChI=1S/C32H40O9/c1-8-16(2)28(36)41-27-19-13-18-20(32(6,25(19)35)24(30(27,3)4)23(34)29(37)38-7)9-11-31(5)21(18)14-22(33)40-26(31)17-10-12-39-15-17/h8,10,12,15,19-20,23-24,26-27,34H,9,11,13-14H2,1-7H3/t19-,20-,23-,24-,26+,27-,31-,32-/m1/s1. The second kappa shape index (κ2) is 9.96. The molecule has 5 rings (SSSR count). The fourth-order valence-corrected chi connectivity index (χ4v) is 8.72. The smallest absolute Gasteiger partial charge is 0.335 e. The second-order valence-corrected chi connectivity index (χ2v) is 13.1. The number of aliphatic hydroxyl groups excluding tert-OH is 1. The summed E-state index contributed by atoms with van der Waals surface area (Å²) in [6, 6.07) is 1.80. The second-order valence-electron chi connectivity index (χ2n) is 13.1. The van der Waals surface area contributed by atoms with Crippen LogP contribution in [0.5, 0.6) is 0 Å². The first-order valence-corrected chi connectivity index (χ1v) is 14.3. The molecule has 3 fully saturated rings. The number of rotatable bonds is 5. The highest BCUT2D eigenvalue weighted by Gasteiger charge is 2.70. The van der Waals surface area contributed by atoms with Crippen molar-refractivity contribution in [3.63, 3.8) is 0 Å². The number of hydrogen-bond donors (Lipinski definition) is 1. The molecule has 2 bridgehead atoms. The minimum absolute atomic E-state index is 0.0867. The van der Waals surface area contributed by atoms with E-state index in [2.05, 4.69) is 6.92 Å². The zero-order valence-electron chi connectivity index (χ0n) is 24.8. The molecule has 0 unspecified atom stereocenters. The van der Waals surface area contributed by atoms with Crippen molar-refractivity contribution in [2.75, 3.05) is 7.11 Å². The van der Waals surface area contributed by atoms with Gasteiger partial charge in [0.15, 0.2) is 6.10 Å². The molecule has 41 heavy (non-hydrogen) atoms. The van der Waals surface area contributed by atoms with Crippen LogP contribution >= 0.6 is 0 Å². The van der Waals surface area contributed by atoms with E-state index in [1.54, 1.807) is 38.5 Å². The van der Waals surface area contributed by atoms with Gasteiger partial charge in [-0.15, -0.1) is 0 Å². The van der Waals surface area contributed by atoms with Crippen LogP contribution in [0.2, 0.25) is 0 Å². The summed E-state index contributed by atoms with van der Waals surface area (Å²) in [5.74, 6) is -3.83. The molecule has 0 amide bonds. The molecule has 0 radical (unpaired) electrons. The Morgan fingerprint density at radius 1 is 1.20 bits per heavy atom. The molecule has 1 saturated heterocycles. The van der Waals surface area contributed by atoms with Gasteiger partial charge in [0.2, 0.25) is 0 Å². The van der Waals surface area contributed by atoms with E-state index in [1.807, 2.05) is 20.8 Å². The minimum Gasteiger partial charge on any atom is -0.472 e. The van der Waals surface area contributed by atoms with E-state index in [0.717, 1.165) is 16.7 Å². The van der Waals surface area contributed by atoms with Crippen LogP contribution in [0.25, 0.3) is 0 Å². The van der Waals surface area contributed by atoms with Gasteiger partial charge in [-0.25, -0.2) is 9.59 Å². The number of aliphatic hydroxyl groups is 1. The predicted molar refractivity (Wildman–Crippen MR) is 146 cm³/mol. The van der Waals surface area contributed by atoms with Gasteiger partial charge < -0.3 is 23.7 Å². The Kier molecular flexibility index (Phi) is 7.12. The Hall–Kier alpha value is -3.20. The van der Waals surface area contributed by atoms with Gasteiger partial charge in [0.1, 0.15) is 18.0 Å². The number of allylic oxidation sites excluding steroid dienone is 2. The molecular weight excluding hydrogens is 528 g/mol. The van der Waals surface area contributed by atoms with E-state index in [-0.39, 0.29) is 24.1 Å². The number of fused-ring (bicyclic) bond motifs is 5. The summed E-state index contributed by atoms with van der Waals surface area (Å²) in [6.07, 6.45) is 3.34. The molecule has 1 aromatic rings. The Bertz CT molecular complexity index is 1330. The Balaban J connectivity index is 1.71. The van der Waals surface area contributed by atoms with Gasteiger partial charge in [0.05, 0.1) is 32.0 Å². The summed E-state index contributed by atoms with van der Waals surface area (Å²) < 4.78 is 22.3. The fraction of sp³-hybridized carbons (Fsp3) is 0.625. The molecule has 1 aromatic heterocycles. The van der Waals surface area contributed by atoms with Crippen molar-refractivity contribution in [1.82, 2.24) is 0 Å². The van der Waals surface area contributed by atoms with Crippen LogP contribution < -0.4 is 0 Å². The molecule has 4 aliphatic rings. The normalized spacial score (nSPS) is 37.0. The van der Waals surface area contributed by atoms with Crippen molar-refractivity contribution in [3.05, 3.63) is 47.0 Å². The van der Waals surface area contributed by atoms with Gasteiger partial charge >= 0.3 is 17.9 Å². The van der Waals surface area contributed by atoms with Crippen LogP contribution in [-0.2, 0) is 33.4 Å². The first-order valence-electron chi connectivity index (χ1n) is 14.3. The topological polar surface area (TPSA) is 129 Å². The molecule has 1 N–H and O–H groups in total. The van der Waals surface area contributed by atoms with Gasteiger partial charge in [0.25, 0.3) is 0 Å². The average molecular weight is 569 g/mol. The third-order valence-electron chi connectivity index (χ3n) is 10.8. The number of cyclic esters (lactones) is 1. The van der Waals surface area contributed by atoms with E-state index >= 15 is 0 Å². The summed E-state index contributed by atoms with van der Waals surface area (Å²) in [4.78, 5) is 53.5. The summed E-state index contributed by atoms with van der Waals surface area (Å²) >= 11 is 0. The van der Waals surface area contributed by atoms with E-state index in [4.69, 9.17) is 18.6 Å². The summed E-state index contributed by atoms with van der Waals surface area (Å²) in [5, 5.41) is 11.5. The van der Waals surface area contributed by atoms with Crippen molar-refractivity contribution >= 4 is 23.7 Å². The number of methoxy groups -OCH3 is 1. The van der Waals surface area contributed by atoms with Crippen LogP contribution in [0.3, 0.4) is 0 Å². The lowest BCUT2D eigenvalue weighted by atomic mass is 9.40. The van der Waals surface area contributed by atoms with Crippen molar-refractivity contribution in [2.24, 2.45) is 34.0 Å². The number of carbonyl (C=O) groups excluding carboxylic acids is 4. The predicted octanol–water partition coefficient (Wildman–Crippen LogP) is 4.64. The summed E-state index contributed by atoms with van der Waals surface area (Å²) in [5.41, 5.74) is 0.392. The number of ether oxygens (including phenoxy) is 3. The molecule has 2 heterocycles. The zero-order chi connectivity index (χ0) is 30.1.